The summed E-state index contributed by atoms with van der Waals surface area (Å²) in [6.45, 7) is 1.96. The van der Waals surface area contributed by atoms with Gasteiger partial charge in [0, 0.05) is 50.8 Å². The van der Waals surface area contributed by atoms with Crippen LogP contribution in [0.2, 0.25) is 0 Å². The van der Waals surface area contributed by atoms with Crippen LogP contribution in [0.5, 0.6) is 0 Å². The van der Waals surface area contributed by atoms with E-state index in [2.05, 4.69) is 35.4 Å². The van der Waals surface area contributed by atoms with Crippen LogP contribution in [-0.4, -0.2) is 60.3 Å². The number of aryl methyl sites for hydroxylation is 1. The maximum Gasteiger partial charge on any atom is 0.290 e. The number of piperidine rings is 1. The molecular weight excluding hydrogens is 424 g/mol. The number of nitrogens with zero attached hydrogens (tertiary/aromatic N) is 7. The highest BCUT2D eigenvalue weighted by atomic mass is 16.3. The minimum absolute atomic E-state index is 0.0503. The Hall–Kier alpha value is -3.89. The van der Waals surface area contributed by atoms with E-state index in [0.29, 0.717) is 18.4 Å². The molecular formula is C22H26N8O3. The third kappa shape index (κ3) is 4.97. The van der Waals surface area contributed by atoms with Gasteiger partial charge in [-0.05, 0) is 36.8 Å². The number of anilines is 1. The van der Waals surface area contributed by atoms with Crippen LogP contribution in [0.3, 0.4) is 0 Å². The summed E-state index contributed by atoms with van der Waals surface area (Å²) >= 11 is 0. The zero-order valence-corrected chi connectivity index (χ0v) is 18.3. The molecule has 172 valence electrons. The number of amides is 1. The standard InChI is InChI=1S/C21H24N8O.CH2O2/c1-28-9-7-24-20(28)18-2-3-19(27-26-18)29-8-4-14-10-16(17(14)13-29)21(30)25-12-15-11-22-5-6-23-15;2-1-3/h2-3,5-7,9,11,14,16-17H,4,8,10,12-13H2,1H3,(H,25,30);1H,(H,2,3)/t14-,16-,17-;/m1./s1. The first-order chi connectivity index (χ1) is 16.1. The van der Waals surface area contributed by atoms with Gasteiger partial charge in [0.05, 0.1) is 18.4 Å². The number of nitrogens with one attached hydrogen (secondary N) is 1. The van der Waals surface area contributed by atoms with Crippen LogP contribution in [0, 0.1) is 17.8 Å². The number of aromatic nitrogens is 6. The summed E-state index contributed by atoms with van der Waals surface area (Å²) in [5.74, 6) is 2.79. The Labute approximate surface area is 190 Å². The first kappa shape index (κ1) is 22.3. The summed E-state index contributed by atoms with van der Waals surface area (Å²) in [5.41, 5.74) is 1.53. The van der Waals surface area contributed by atoms with Gasteiger partial charge in [-0.2, -0.15) is 0 Å². The van der Waals surface area contributed by atoms with E-state index in [-0.39, 0.29) is 18.3 Å². The van der Waals surface area contributed by atoms with Crippen LogP contribution in [0.15, 0.2) is 43.1 Å². The third-order valence-corrected chi connectivity index (χ3v) is 6.30. The van der Waals surface area contributed by atoms with Crippen LogP contribution in [0.1, 0.15) is 18.5 Å². The van der Waals surface area contributed by atoms with E-state index in [1.807, 2.05) is 29.9 Å². The first-order valence-corrected chi connectivity index (χ1v) is 10.8. The summed E-state index contributed by atoms with van der Waals surface area (Å²) in [5, 5.41) is 18.7. The van der Waals surface area contributed by atoms with Crippen molar-refractivity contribution in [3.8, 4) is 11.5 Å². The summed E-state index contributed by atoms with van der Waals surface area (Å²) in [7, 11) is 1.94. The van der Waals surface area contributed by atoms with E-state index in [1.54, 1.807) is 24.8 Å². The summed E-state index contributed by atoms with van der Waals surface area (Å²) in [4.78, 5) is 35.9. The fourth-order valence-corrected chi connectivity index (χ4v) is 4.55. The Morgan fingerprint density at radius 2 is 2.09 bits per heavy atom. The molecule has 0 unspecified atom stereocenters. The van der Waals surface area contributed by atoms with Gasteiger partial charge in [0.2, 0.25) is 5.91 Å². The highest BCUT2D eigenvalue weighted by Crippen LogP contribution is 2.46. The van der Waals surface area contributed by atoms with E-state index >= 15 is 0 Å². The van der Waals surface area contributed by atoms with Crippen molar-refractivity contribution in [2.75, 3.05) is 18.0 Å². The molecule has 1 aliphatic carbocycles. The summed E-state index contributed by atoms with van der Waals surface area (Å²) in [6, 6.07) is 3.96. The zero-order chi connectivity index (χ0) is 23.2. The Kier molecular flexibility index (Phi) is 6.86. The molecule has 5 rings (SSSR count). The normalized spacial score (nSPS) is 21.1. The molecule has 4 heterocycles. The topological polar surface area (TPSA) is 139 Å². The van der Waals surface area contributed by atoms with Crippen LogP contribution in [0.25, 0.3) is 11.5 Å². The van der Waals surface area contributed by atoms with Gasteiger partial charge in [-0.3, -0.25) is 19.6 Å². The molecule has 0 spiro atoms. The molecule has 2 N–H and O–H groups in total. The molecule has 0 bridgehead atoms. The fourth-order valence-electron chi connectivity index (χ4n) is 4.55. The Bertz CT molecular complexity index is 1070. The minimum Gasteiger partial charge on any atom is -0.483 e. The molecule has 2 aliphatic rings. The second kappa shape index (κ2) is 10.2. The van der Waals surface area contributed by atoms with E-state index in [9.17, 15) is 4.79 Å². The number of carbonyl (C=O) groups excluding carboxylic acids is 1. The number of carboxylic acid groups (broad SMARTS) is 1. The van der Waals surface area contributed by atoms with Gasteiger partial charge >= 0.3 is 0 Å². The number of hydrogen-bond donors (Lipinski definition) is 2. The quantitative estimate of drug-likeness (QED) is 0.548. The van der Waals surface area contributed by atoms with Crippen molar-refractivity contribution in [1.82, 2.24) is 35.0 Å². The van der Waals surface area contributed by atoms with Crippen LogP contribution in [-0.2, 0) is 23.2 Å². The molecule has 1 saturated carbocycles. The monoisotopic (exact) mass is 450 g/mol. The molecule has 3 aromatic heterocycles. The molecule has 1 aliphatic heterocycles. The van der Waals surface area contributed by atoms with Gasteiger partial charge < -0.3 is 19.9 Å². The summed E-state index contributed by atoms with van der Waals surface area (Å²) in [6.07, 6.45) is 10.6. The van der Waals surface area contributed by atoms with Gasteiger partial charge in [0.15, 0.2) is 11.6 Å². The Morgan fingerprint density at radius 3 is 2.76 bits per heavy atom. The van der Waals surface area contributed by atoms with Gasteiger partial charge in [0.25, 0.3) is 6.47 Å². The van der Waals surface area contributed by atoms with Crippen molar-refractivity contribution in [2.24, 2.45) is 24.8 Å². The SMILES string of the molecule is Cn1ccnc1-c1ccc(N2CC[C@@H]3C[C@@H](C(=O)NCc4cnccn4)[C@@H]3C2)nn1.O=CO. The second-order valence-corrected chi connectivity index (χ2v) is 8.16. The second-order valence-electron chi connectivity index (χ2n) is 8.16. The van der Waals surface area contributed by atoms with Crippen molar-refractivity contribution < 1.29 is 14.7 Å². The van der Waals surface area contributed by atoms with Gasteiger partial charge in [-0.1, -0.05) is 0 Å². The predicted octanol–water partition coefficient (Wildman–Crippen LogP) is 1.15. The fraction of sp³-hybridized carbons (Fsp3) is 0.409. The lowest BCUT2D eigenvalue weighted by molar-refractivity contribution is -0.134. The largest absolute Gasteiger partial charge is 0.483 e. The Morgan fingerprint density at radius 1 is 1.24 bits per heavy atom. The van der Waals surface area contributed by atoms with Crippen molar-refractivity contribution >= 4 is 18.2 Å². The highest BCUT2D eigenvalue weighted by molar-refractivity contribution is 5.80. The average molecular weight is 451 g/mol. The summed E-state index contributed by atoms with van der Waals surface area (Å²) < 4.78 is 1.92. The Balaban J connectivity index is 0.000000821. The zero-order valence-electron chi connectivity index (χ0n) is 18.3. The lowest BCUT2D eigenvalue weighted by Gasteiger charge is -2.50. The van der Waals surface area contributed by atoms with Crippen LogP contribution in [0.4, 0.5) is 5.82 Å². The molecule has 2 fully saturated rings. The lowest BCUT2D eigenvalue weighted by atomic mass is 9.61. The number of fused-ring (bicyclic) bond motifs is 1. The number of rotatable bonds is 5. The smallest absolute Gasteiger partial charge is 0.290 e. The molecule has 0 radical (unpaired) electrons. The first-order valence-electron chi connectivity index (χ1n) is 10.8. The number of imidazole rings is 1. The van der Waals surface area contributed by atoms with Gasteiger partial charge in [-0.25, -0.2) is 4.98 Å². The third-order valence-electron chi connectivity index (χ3n) is 6.30. The van der Waals surface area contributed by atoms with Crippen LogP contribution < -0.4 is 10.2 Å². The highest BCUT2D eigenvalue weighted by Gasteiger charge is 2.47. The van der Waals surface area contributed by atoms with Crippen molar-refractivity contribution in [3.05, 3.63) is 48.8 Å². The lowest BCUT2D eigenvalue weighted by Crippen LogP contribution is -2.55. The van der Waals surface area contributed by atoms with E-state index in [4.69, 9.17) is 9.90 Å². The molecule has 1 saturated heterocycles. The van der Waals surface area contributed by atoms with Crippen molar-refractivity contribution in [2.45, 2.75) is 19.4 Å². The maximum absolute atomic E-state index is 12.7. The number of carbonyl (C=O) groups is 2. The molecule has 3 atom stereocenters. The van der Waals surface area contributed by atoms with Crippen molar-refractivity contribution in [3.63, 3.8) is 0 Å². The minimum atomic E-state index is -0.250. The molecule has 11 nitrogen and oxygen atoms in total. The number of hydrogen-bond acceptors (Lipinski definition) is 8. The van der Waals surface area contributed by atoms with Gasteiger partial charge in [-0.15, -0.1) is 10.2 Å². The van der Waals surface area contributed by atoms with E-state index in [1.165, 1.54) is 0 Å². The molecule has 1 amide bonds. The average Bonchev–Trinajstić information content (AvgIpc) is 3.26. The van der Waals surface area contributed by atoms with E-state index < -0.39 is 0 Å². The van der Waals surface area contributed by atoms with Gasteiger partial charge in [0.1, 0.15) is 5.69 Å². The van der Waals surface area contributed by atoms with Crippen molar-refractivity contribution in [1.29, 1.82) is 0 Å². The molecule has 0 aromatic carbocycles. The predicted molar refractivity (Wildman–Crippen MR) is 119 cm³/mol. The molecule has 11 heteroatoms. The molecule has 33 heavy (non-hydrogen) atoms. The molecule has 3 aromatic rings. The van der Waals surface area contributed by atoms with Crippen LogP contribution >= 0.6 is 0 Å². The van der Waals surface area contributed by atoms with E-state index in [0.717, 1.165) is 49.0 Å². The maximum atomic E-state index is 12.7.